The van der Waals surface area contributed by atoms with Crippen molar-refractivity contribution in [1.29, 1.82) is 0 Å². The summed E-state index contributed by atoms with van der Waals surface area (Å²) in [7, 11) is 0. The number of aromatic hydroxyl groups is 2. The van der Waals surface area contributed by atoms with Crippen molar-refractivity contribution < 1.29 is 24.5 Å². The Hall–Kier alpha value is -3.47. The molecule has 2 heterocycles. The lowest BCUT2D eigenvalue weighted by molar-refractivity contribution is 0.0223. The maximum atomic E-state index is 13.1. The molecule has 2 aliphatic rings. The normalized spacial score (nSPS) is 16.0. The van der Waals surface area contributed by atoms with Crippen LogP contribution in [0.15, 0.2) is 48.5 Å². The number of phenols is 2. The van der Waals surface area contributed by atoms with Gasteiger partial charge in [0.1, 0.15) is 23.0 Å². The van der Waals surface area contributed by atoms with Gasteiger partial charge in [0, 0.05) is 28.8 Å². The van der Waals surface area contributed by atoms with Gasteiger partial charge in [-0.1, -0.05) is 59.7 Å². The van der Waals surface area contributed by atoms with Crippen LogP contribution in [0.3, 0.4) is 0 Å². The van der Waals surface area contributed by atoms with Gasteiger partial charge in [0.2, 0.25) is 0 Å². The molecule has 0 saturated heterocycles. The quantitative estimate of drug-likeness (QED) is 0.400. The van der Waals surface area contributed by atoms with Gasteiger partial charge in [0.05, 0.1) is 5.56 Å². The minimum atomic E-state index is -1.25. The molecule has 5 heteroatoms. The third-order valence-electron chi connectivity index (χ3n) is 6.56. The van der Waals surface area contributed by atoms with E-state index >= 15 is 0 Å². The van der Waals surface area contributed by atoms with Gasteiger partial charge >= 0.3 is 5.97 Å². The van der Waals surface area contributed by atoms with E-state index in [0.717, 1.165) is 16.7 Å². The average Bonchev–Trinajstić information content (AvgIpc) is 2.99. The van der Waals surface area contributed by atoms with E-state index in [4.69, 9.17) is 9.47 Å². The number of fused-ring (bicyclic) bond motifs is 6. The van der Waals surface area contributed by atoms with Crippen LogP contribution in [0.1, 0.15) is 79.7 Å². The molecule has 0 fully saturated rings. The molecule has 3 aromatic carbocycles. The van der Waals surface area contributed by atoms with Crippen molar-refractivity contribution >= 4 is 5.97 Å². The van der Waals surface area contributed by atoms with E-state index in [0.29, 0.717) is 28.2 Å². The lowest BCUT2D eigenvalue weighted by Gasteiger charge is -2.38. The summed E-state index contributed by atoms with van der Waals surface area (Å²) in [6.07, 6.45) is 0. The highest BCUT2D eigenvalue weighted by Gasteiger charge is 2.54. The highest BCUT2D eigenvalue weighted by atomic mass is 16.6. The molecule has 3 aromatic rings. The van der Waals surface area contributed by atoms with Crippen LogP contribution in [0.4, 0.5) is 0 Å². The standard InChI is InChI=1S/C28H28O5/c1-26(2,3)17-11-19-23(13-21(17)29)32-24-14-22(30)18(27(4,5)6)12-20(24)28(19)16-10-8-7-9-15(16)25(31)33-28/h7-14,29-30H,1-6H3. The Balaban J connectivity index is 1.92. The highest BCUT2D eigenvalue weighted by molar-refractivity contribution is 5.97. The van der Waals surface area contributed by atoms with Crippen molar-refractivity contribution in [2.24, 2.45) is 0 Å². The van der Waals surface area contributed by atoms with Gasteiger partial charge in [-0.25, -0.2) is 4.79 Å². The first-order valence-corrected chi connectivity index (χ1v) is 11.1. The molecule has 0 bridgehead atoms. The van der Waals surface area contributed by atoms with Crippen LogP contribution in [0, 0.1) is 0 Å². The third-order valence-corrected chi connectivity index (χ3v) is 6.56. The van der Waals surface area contributed by atoms with E-state index in [9.17, 15) is 15.0 Å². The SMILES string of the molecule is CC(C)(C)c1cc2c(cc1O)Oc1cc(O)c(C(C)(C)C)cc1C21OC(=O)c2ccccc21. The lowest BCUT2D eigenvalue weighted by Crippen LogP contribution is -2.34. The largest absolute Gasteiger partial charge is 0.508 e. The Kier molecular flexibility index (Phi) is 4.23. The zero-order chi connectivity index (χ0) is 23.9. The van der Waals surface area contributed by atoms with Gasteiger partial charge < -0.3 is 19.7 Å². The molecule has 33 heavy (non-hydrogen) atoms. The van der Waals surface area contributed by atoms with E-state index in [-0.39, 0.29) is 22.3 Å². The second-order valence-corrected chi connectivity index (χ2v) is 10.9. The topological polar surface area (TPSA) is 76.0 Å². The molecule has 0 aliphatic carbocycles. The monoisotopic (exact) mass is 444 g/mol. The lowest BCUT2D eigenvalue weighted by atomic mass is 9.73. The van der Waals surface area contributed by atoms with Crippen LogP contribution in [-0.2, 0) is 21.2 Å². The Morgan fingerprint density at radius 2 is 1.21 bits per heavy atom. The fourth-order valence-electron chi connectivity index (χ4n) is 4.94. The molecule has 170 valence electrons. The molecular weight excluding hydrogens is 416 g/mol. The maximum absolute atomic E-state index is 13.1. The molecule has 0 radical (unpaired) electrons. The second-order valence-electron chi connectivity index (χ2n) is 10.9. The summed E-state index contributed by atoms with van der Waals surface area (Å²) in [6.45, 7) is 12.1. The highest BCUT2D eigenvalue weighted by Crippen LogP contribution is 2.58. The first kappa shape index (κ1) is 21.4. The van der Waals surface area contributed by atoms with Crippen molar-refractivity contribution in [3.8, 4) is 23.0 Å². The number of esters is 1. The number of phenolic OH excluding ortho intramolecular Hbond substituents is 2. The third kappa shape index (κ3) is 2.95. The molecule has 0 atom stereocenters. The van der Waals surface area contributed by atoms with Gasteiger partial charge in [-0.3, -0.25) is 0 Å². The predicted octanol–water partition coefficient (Wildman–Crippen LogP) is 6.26. The van der Waals surface area contributed by atoms with Crippen molar-refractivity contribution in [3.05, 3.63) is 81.9 Å². The van der Waals surface area contributed by atoms with Gasteiger partial charge in [-0.05, 0) is 40.2 Å². The molecule has 1 spiro atoms. The van der Waals surface area contributed by atoms with E-state index in [1.165, 1.54) is 0 Å². The summed E-state index contributed by atoms with van der Waals surface area (Å²) in [5.41, 5.74) is 2.01. The minimum Gasteiger partial charge on any atom is -0.508 e. The molecule has 0 unspecified atom stereocenters. The first-order valence-electron chi connectivity index (χ1n) is 11.1. The molecule has 2 aliphatic heterocycles. The van der Waals surface area contributed by atoms with Crippen LogP contribution in [0.2, 0.25) is 0 Å². The van der Waals surface area contributed by atoms with E-state index < -0.39 is 11.6 Å². The number of benzene rings is 3. The summed E-state index contributed by atoms with van der Waals surface area (Å²) < 4.78 is 12.4. The summed E-state index contributed by atoms with van der Waals surface area (Å²) in [6, 6.07) is 14.3. The fourth-order valence-corrected chi connectivity index (χ4v) is 4.94. The maximum Gasteiger partial charge on any atom is 0.340 e. The van der Waals surface area contributed by atoms with Gasteiger partial charge in [0.25, 0.3) is 0 Å². The molecular formula is C28H28O5. The Labute approximate surface area is 193 Å². The molecule has 0 aromatic heterocycles. The molecule has 0 amide bonds. The Bertz CT molecular complexity index is 1250. The molecule has 0 saturated carbocycles. The number of rotatable bonds is 0. The molecule has 5 rings (SSSR count). The molecule has 2 N–H and O–H groups in total. The van der Waals surface area contributed by atoms with Crippen LogP contribution in [0.25, 0.3) is 0 Å². The fraction of sp³-hybridized carbons (Fsp3) is 0.321. The van der Waals surface area contributed by atoms with Crippen molar-refractivity contribution in [3.63, 3.8) is 0 Å². The minimum absolute atomic E-state index is 0.105. The number of hydrogen-bond donors (Lipinski definition) is 2. The van der Waals surface area contributed by atoms with Crippen molar-refractivity contribution in [1.82, 2.24) is 0 Å². The Morgan fingerprint density at radius 3 is 1.70 bits per heavy atom. The Morgan fingerprint density at radius 1 is 0.727 bits per heavy atom. The summed E-state index contributed by atoms with van der Waals surface area (Å²) in [4.78, 5) is 13.1. The molecule has 5 nitrogen and oxygen atoms in total. The number of ether oxygens (including phenoxy) is 2. The van der Waals surface area contributed by atoms with Crippen molar-refractivity contribution in [2.45, 2.75) is 58.0 Å². The average molecular weight is 445 g/mol. The zero-order valence-electron chi connectivity index (χ0n) is 19.7. The number of carbonyl (C=O) groups is 1. The van der Waals surface area contributed by atoms with Crippen molar-refractivity contribution in [2.75, 3.05) is 0 Å². The van der Waals surface area contributed by atoms with Gasteiger partial charge in [-0.2, -0.15) is 0 Å². The van der Waals surface area contributed by atoms with Crippen LogP contribution in [0.5, 0.6) is 23.0 Å². The number of carbonyl (C=O) groups excluding carboxylic acids is 1. The first-order chi connectivity index (χ1) is 15.3. The van der Waals surface area contributed by atoms with Crippen LogP contribution >= 0.6 is 0 Å². The second kappa shape index (κ2) is 6.53. The van der Waals surface area contributed by atoms with Crippen LogP contribution in [-0.4, -0.2) is 16.2 Å². The summed E-state index contributed by atoms with van der Waals surface area (Å²) >= 11 is 0. The van der Waals surface area contributed by atoms with Gasteiger partial charge in [0.15, 0.2) is 5.60 Å². The number of hydrogen-bond acceptors (Lipinski definition) is 5. The van der Waals surface area contributed by atoms with Gasteiger partial charge in [-0.15, -0.1) is 0 Å². The van der Waals surface area contributed by atoms with E-state index in [1.54, 1.807) is 18.2 Å². The van der Waals surface area contributed by atoms with Crippen LogP contribution < -0.4 is 4.74 Å². The smallest absolute Gasteiger partial charge is 0.340 e. The zero-order valence-corrected chi connectivity index (χ0v) is 19.7. The summed E-state index contributed by atoms with van der Waals surface area (Å²) in [5.74, 6) is 0.571. The van der Waals surface area contributed by atoms with E-state index in [1.807, 2.05) is 71.9 Å². The predicted molar refractivity (Wildman–Crippen MR) is 125 cm³/mol. The summed E-state index contributed by atoms with van der Waals surface area (Å²) in [5, 5.41) is 21.6. The van der Waals surface area contributed by atoms with E-state index in [2.05, 4.69) is 0 Å².